The number of aliphatic carboxylic acids is 1. The van der Waals surface area contributed by atoms with Crippen LogP contribution in [0.1, 0.15) is 31.2 Å². The van der Waals surface area contributed by atoms with Crippen LogP contribution >= 0.6 is 11.6 Å². The van der Waals surface area contributed by atoms with Gasteiger partial charge in [-0.1, -0.05) is 24.4 Å². The maximum atomic E-state index is 11.6. The maximum Gasteiger partial charge on any atom is 0.314 e. The van der Waals surface area contributed by atoms with Crippen molar-refractivity contribution in [3.05, 3.63) is 22.7 Å². The summed E-state index contributed by atoms with van der Waals surface area (Å²) >= 11 is 6.09. The number of carboxylic acid groups (broad SMARTS) is 1. The first-order valence-corrected chi connectivity index (χ1v) is 6.19. The number of phenols is 1. The molecule has 0 atom stereocenters. The van der Waals surface area contributed by atoms with Gasteiger partial charge >= 0.3 is 5.97 Å². The molecule has 0 saturated heterocycles. The van der Waals surface area contributed by atoms with Crippen molar-refractivity contribution >= 4 is 17.6 Å². The molecule has 0 bridgehead atoms. The fourth-order valence-corrected chi connectivity index (χ4v) is 2.99. The summed E-state index contributed by atoms with van der Waals surface area (Å²) in [7, 11) is 1.43. The van der Waals surface area contributed by atoms with Gasteiger partial charge < -0.3 is 14.9 Å². The van der Waals surface area contributed by atoms with Crippen molar-refractivity contribution in [1.82, 2.24) is 0 Å². The Bertz CT molecular complexity index is 478. The lowest BCUT2D eigenvalue weighted by Gasteiger charge is -2.26. The fraction of sp³-hybridized carbons (Fsp3) is 0.462. The van der Waals surface area contributed by atoms with E-state index in [2.05, 4.69) is 0 Å². The highest BCUT2D eigenvalue weighted by molar-refractivity contribution is 6.32. The van der Waals surface area contributed by atoms with E-state index in [0.717, 1.165) is 12.8 Å². The van der Waals surface area contributed by atoms with Crippen molar-refractivity contribution in [2.24, 2.45) is 0 Å². The van der Waals surface area contributed by atoms with Crippen LogP contribution in [0.2, 0.25) is 5.02 Å². The van der Waals surface area contributed by atoms with Gasteiger partial charge in [0, 0.05) is 11.1 Å². The number of rotatable bonds is 3. The smallest absolute Gasteiger partial charge is 0.314 e. The Morgan fingerprint density at radius 3 is 2.50 bits per heavy atom. The Hall–Kier alpha value is -1.42. The molecule has 0 unspecified atom stereocenters. The largest absolute Gasteiger partial charge is 0.504 e. The Morgan fingerprint density at radius 1 is 1.39 bits per heavy atom. The van der Waals surface area contributed by atoms with Gasteiger partial charge in [-0.2, -0.15) is 0 Å². The molecule has 1 aromatic carbocycles. The van der Waals surface area contributed by atoms with E-state index in [9.17, 15) is 15.0 Å². The molecular weight excluding hydrogens is 256 g/mol. The second-order valence-electron chi connectivity index (χ2n) is 4.60. The molecule has 2 N–H and O–H groups in total. The zero-order chi connectivity index (χ0) is 13.3. The van der Waals surface area contributed by atoms with Gasteiger partial charge in [-0.25, -0.2) is 0 Å². The monoisotopic (exact) mass is 270 g/mol. The Kier molecular flexibility index (Phi) is 3.39. The Labute approximate surface area is 110 Å². The molecule has 0 heterocycles. The number of methoxy groups -OCH3 is 1. The first kappa shape index (κ1) is 13.0. The highest BCUT2D eigenvalue weighted by Gasteiger charge is 2.44. The predicted octanol–water partition coefficient (Wildman–Crippen LogP) is 2.95. The molecule has 98 valence electrons. The number of hydrogen-bond donors (Lipinski definition) is 2. The third-order valence-electron chi connectivity index (χ3n) is 3.65. The topological polar surface area (TPSA) is 66.8 Å². The molecule has 0 spiro atoms. The van der Waals surface area contributed by atoms with Crippen LogP contribution < -0.4 is 4.74 Å². The van der Waals surface area contributed by atoms with Crippen LogP contribution in [0, 0.1) is 0 Å². The summed E-state index contributed by atoms with van der Waals surface area (Å²) in [6, 6.07) is 2.88. The summed E-state index contributed by atoms with van der Waals surface area (Å²) in [5.41, 5.74) is -0.415. The van der Waals surface area contributed by atoms with Gasteiger partial charge in [0.2, 0.25) is 0 Å². The van der Waals surface area contributed by atoms with E-state index < -0.39 is 11.4 Å². The van der Waals surface area contributed by atoms with Crippen LogP contribution in [0.4, 0.5) is 0 Å². The second-order valence-corrected chi connectivity index (χ2v) is 5.01. The summed E-state index contributed by atoms with van der Waals surface area (Å²) in [5.74, 6) is -0.693. The van der Waals surface area contributed by atoms with Crippen molar-refractivity contribution in [2.75, 3.05) is 7.11 Å². The first-order chi connectivity index (χ1) is 8.51. The summed E-state index contributed by atoms with van der Waals surface area (Å²) in [5, 5.41) is 19.4. The van der Waals surface area contributed by atoms with Gasteiger partial charge in [0.1, 0.15) is 0 Å². The molecule has 1 aliphatic rings. The van der Waals surface area contributed by atoms with E-state index in [1.165, 1.54) is 19.2 Å². The average Bonchev–Trinajstić information content (AvgIpc) is 2.79. The van der Waals surface area contributed by atoms with Crippen LogP contribution in [0.15, 0.2) is 12.1 Å². The van der Waals surface area contributed by atoms with Gasteiger partial charge in [-0.15, -0.1) is 0 Å². The molecule has 18 heavy (non-hydrogen) atoms. The molecule has 1 fully saturated rings. The Morgan fingerprint density at radius 2 is 2.00 bits per heavy atom. The summed E-state index contributed by atoms with van der Waals surface area (Å²) in [6.07, 6.45) is 2.86. The van der Waals surface area contributed by atoms with E-state index in [1.54, 1.807) is 0 Å². The number of halogens is 1. The average molecular weight is 271 g/mol. The summed E-state index contributed by atoms with van der Waals surface area (Å²) in [4.78, 5) is 11.6. The molecule has 0 amide bonds. The van der Waals surface area contributed by atoms with Gasteiger partial charge in [0.15, 0.2) is 11.5 Å². The van der Waals surface area contributed by atoms with Gasteiger partial charge in [0.05, 0.1) is 12.5 Å². The molecular formula is C13H15ClO4. The molecule has 0 aromatic heterocycles. The third kappa shape index (κ3) is 1.90. The van der Waals surface area contributed by atoms with Crippen molar-refractivity contribution in [2.45, 2.75) is 31.1 Å². The Balaban J connectivity index is 2.58. The summed E-state index contributed by atoms with van der Waals surface area (Å²) < 4.78 is 5.02. The van der Waals surface area contributed by atoms with Crippen LogP contribution in [0.3, 0.4) is 0 Å². The lowest BCUT2D eigenvalue weighted by molar-refractivity contribution is -0.143. The SMILES string of the molecule is COc1cc(C2(C(=O)O)CCCC2)c(Cl)cc1O. The highest BCUT2D eigenvalue weighted by atomic mass is 35.5. The van der Waals surface area contributed by atoms with Crippen molar-refractivity contribution < 1.29 is 19.7 Å². The van der Waals surface area contributed by atoms with Gasteiger partial charge in [-0.05, 0) is 24.5 Å². The third-order valence-corrected chi connectivity index (χ3v) is 3.96. The quantitative estimate of drug-likeness (QED) is 0.886. The molecule has 4 nitrogen and oxygen atoms in total. The number of carboxylic acids is 1. The molecule has 0 aliphatic heterocycles. The second kappa shape index (κ2) is 4.69. The van der Waals surface area contributed by atoms with Crippen molar-refractivity contribution in [3.63, 3.8) is 0 Å². The molecule has 0 radical (unpaired) electrons. The molecule has 1 aliphatic carbocycles. The van der Waals surface area contributed by atoms with E-state index in [0.29, 0.717) is 18.4 Å². The van der Waals surface area contributed by atoms with Crippen molar-refractivity contribution in [3.8, 4) is 11.5 Å². The van der Waals surface area contributed by atoms with E-state index in [4.69, 9.17) is 16.3 Å². The maximum absolute atomic E-state index is 11.6. The molecule has 5 heteroatoms. The van der Waals surface area contributed by atoms with Crippen LogP contribution in [-0.2, 0) is 10.2 Å². The molecule has 1 aromatic rings. The van der Waals surface area contributed by atoms with E-state index in [-0.39, 0.29) is 16.5 Å². The van der Waals surface area contributed by atoms with E-state index >= 15 is 0 Å². The number of aromatic hydroxyl groups is 1. The van der Waals surface area contributed by atoms with Crippen LogP contribution in [0.5, 0.6) is 11.5 Å². The zero-order valence-corrected chi connectivity index (χ0v) is 10.8. The van der Waals surface area contributed by atoms with E-state index in [1.807, 2.05) is 0 Å². The molecule has 1 saturated carbocycles. The van der Waals surface area contributed by atoms with Gasteiger partial charge in [-0.3, -0.25) is 4.79 Å². The standard InChI is InChI=1S/C13H15ClO4/c1-18-11-6-8(9(14)7-10(11)15)13(12(16)17)4-2-3-5-13/h6-7,15H,2-5H2,1H3,(H,16,17). The number of carbonyl (C=O) groups is 1. The minimum absolute atomic E-state index is 0.0789. The highest BCUT2D eigenvalue weighted by Crippen LogP contribution is 2.46. The predicted molar refractivity (Wildman–Crippen MR) is 67.5 cm³/mol. The van der Waals surface area contributed by atoms with Crippen LogP contribution in [0.25, 0.3) is 0 Å². The fourth-order valence-electron chi connectivity index (χ4n) is 2.65. The molecule has 2 rings (SSSR count). The van der Waals surface area contributed by atoms with Crippen molar-refractivity contribution in [1.29, 1.82) is 0 Å². The normalized spacial score (nSPS) is 17.7. The minimum Gasteiger partial charge on any atom is -0.504 e. The lowest BCUT2D eigenvalue weighted by Crippen LogP contribution is -2.32. The number of ether oxygens (including phenoxy) is 1. The minimum atomic E-state index is -0.946. The number of phenolic OH excluding ortho intramolecular Hbond substituents is 1. The van der Waals surface area contributed by atoms with Gasteiger partial charge in [0.25, 0.3) is 0 Å². The number of hydrogen-bond acceptors (Lipinski definition) is 3. The first-order valence-electron chi connectivity index (χ1n) is 5.81. The summed E-state index contributed by atoms with van der Waals surface area (Å²) in [6.45, 7) is 0. The van der Waals surface area contributed by atoms with Crippen LogP contribution in [-0.4, -0.2) is 23.3 Å². The lowest BCUT2D eigenvalue weighted by atomic mass is 9.79. The number of benzene rings is 1. The zero-order valence-electron chi connectivity index (χ0n) is 10.1.